The molecule has 1 N–H and O–H groups in total. The lowest BCUT2D eigenvalue weighted by Gasteiger charge is -2.21. The lowest BCUT2D eigenvalue weighted by molar-refractivity contribution is 0.0763. The van der Waals surface area contributed by atoms with Crippen molar-refractivity contribution in [1.82, 2.24) is 10.2 Å². The molecule has 0 spiro atoms. The minimum atomic E-state index is 0.0613. The molecule has 92 valence electrons. The standard InChI is InChI=1S/C13H18N2O2/c1-17-12-6-3-2-5-11(12)13(16)15-9-4-7-14-8-10-15/h2-3,5-6,14H,4,7-10H2,1H3. The molecule has 4 nitrogen and oxygen atoms in total. The van der Waals surface area contributed by atoms with Crippen LogP contribution in [0.3, 0.4) is 0 Å². The van der Waals surface area contributed by atoms with Crippen LogP contribution in [0.5, 0.6) is 5.75 Å². The van der Waals surface area contributed by atoms with Gasteiger partial charge in [0.15, 0.2) is 0 Å². The fraction of sp³-hybridized carbons (Fsp3) is 0.462. The van der Waals surface area contributed by atoms with E-state index in [1.807, 2.05) is 29.2 Å². The molecular weight excluding hydrogens is 216 g/mol. The highest BCUT2D eigenvalue weighted by molar-refractivity contribution is 5.96. The van der Waals surface area contributed by atoms with Gasteiger partial charge in [0.25, 0.3) is 5.91 Å². The van der Waals surface area contributed by atoms with E-state index >= 15 is 0 Å². The summed E-state index contributed by atoms with van der Waals surface area (Å²) >= 11 is 0. The van der Waals surface area contributed by atoms with E-state index in [9.17, 15) is 4.79 Å². The third-order valence-corrected chi connectivity index (χ3v) is 2.96. The first-order valence-electron chi connectivity index (χ1n) is 5.96. The van der Waals surface area contributed by atoms with Crippen molar-refractivity contribution in [3.05, 3.63) is 29.8 Å². The van der Waals surface area contributed by atoms with Crippen molar-refractivity contribution in [2.24, 2.45) is 0 Å². The summed E-state index contributed by atoms with van der Waals surface area (Å²) in [7, 11) is 1.59. The van der Waals surface area contributed by atoms with Crippen LogP contribution >= 0.6 is 0 Å². The van der Waals surface area contributed by atoms with E-state index in [1.165, 1.54) is 0 Å². The van der Waals surface area contributed by atoms with E-state index in [4.69, 9.17) is 4.74 Å². The summed E-state index contributed by atoms with van der Waals surface area (Å²) in [5.74, 6) is 0.709. The molecule has 1 amide bonds. The van der Waals surface area contributed by atoms with Crippen molar-refractivity contribution in [2.45, 2.75) is 6.42 Å². The van der Waals surface area contributed by atoms with E-state index in [1.54, 1.807) is 7.11 Å². The van der Waals surface area contributed by atoms with E-state index in [-0.39, 0.29) is 5.91 Å². The molecule has 0 saturated carbocycles. The van der Waals surface area contributed by atoms with E-state index in [0.29, 0.717) is 11.3 Å². The highest BCUT2D eigenvalue weighted by Crippen LogP contribution is 2.19. The van der Waals surface area contributed by atoms with Gasteiger partial charge in [0.05, 0.1) is 12.7 Å². The third kappa shape index (κ3) is 2.77. The van der Waals surface area contributed by atoms with E-state index in [2.05, 4.69) is 5.32 Å². The molecule has 0 aliphatic carbocycles. The lowest BCUT2D eigenvalue weighted by atomic mass is 10.1. The maximum absolute atomic E-state index is 12.4. The minimum Gasteiger partial charge on any atom is -0.496 e. The topological polar surface area (TPSA) is 41.6 Å². The van der Waals surface area contributed by atoms with Crippen molar-refractivity contribution in [1.29, 1.82) is 0 Å². The van der Waals surface area contributed by atoms with Gasteiger partial charge in [-0.3, -0.25) is 4.79 Å². The SMILES string of the molecule is COc1ccccc1C(=O)N1CCCNCC1. The number of nitrogens with zero attached hydrogens (tertiary/aromatic N) is 1. The number of para-hydroxylation sites is 1. The van der Waals surface area contributed by atoms with Gasteiger partial charge in [-0.15, -0.1) is 0 Å². The van der Waals surface area contributed by atoms with Gasteiger partial charge >= 0.3 is 0 Å². The number of carbonyl (C=O) groups is 1. The van der Waals surface area contributed by atoms with Crippen molar-refractivity contribution in [3.8, 4) is 5.75 Å². The molecular formula is C13H18N2O2. The third-order valence-electron chi connectivity index (χ3n) is 2.96. The quantitative estimate of drug-likeness (QED) is 0.834. The molecule has 1 aromatic rings. The Kier molecular flexibility index (Phi) is 3.98. The van der Waals surface area contributed by atoms with E-state index in [0.717, 1.165) is 32.6 Å². The van der Waals surface area contributed by atoms with Crippen LogP contribution in [-0.2, 0) is 0 Å². The molecule has 0 bridgehead atoms. The summed E-state index contributed by atoms with van der Waals surface area (Å²) in [5.41, 5.74) is 0.650. The second-order valence-corrected chi connectivity index (χ2v) is 4.10. The van der Waals surface area contributed by atoms with Crippen LogP contribution in [0.15, 0.2) is 24.3 Å². The fourth-order valence-electron chi connectivity index (χ4n) is 2.04. The number of hydrogen-bond donors (Lipinski definition) is 1. The first kappa shape index (κ1) is 11.9. The van der Waals surface area contributed by atoms with Crippen LogP contribution in [0.1, 0.15) is 16.8 Å². The van der Waals surface area contributed by atoms with Gasteiger partial charge in [0.2, 0.25) is 0 Å². The number of rotatable bonds is 2. The molecule has 1 fully saturated rings. The molecule has 0 radical (unpaired) electrons. The van der Waals surface area contributed by atoms with Gasteiger partial charge in [-0.25, -0.2) is 0 Å². The largest absolute Gasteiger partial charge is 0.496 e. The predicted octanol–water partition coefficient (Wildman–Crippen LogP) is 1.13. The molecule has 0 aromatic heterocycles. The lowest BCUT2D eigenvalue weighted by Crippen LogP contribution is -2.34. The van der Waals surface area contributed by atoms with Crippen LogP contribution in [0.2, 0.25) is 0 Å². The summed E-state index contributed by atoms with van der Waals surface area (Å²) in [5, 5.41) is 3.29. The Labute approximate surface area is 102 Å². The second-order valence-electron chi connectivity index (χ2n) is 4.10. The number of carbonyl (C=O) groups excluding carboxylic acids is 1. The van der Waals surface area contributed by atoms with Gasteiger partial charge in [-0.2, -0.15) is 0 Å². The zero-order chi connectivity index (χ0) is 12.1. The molecule has 2 rings (SSSR count). The fourth-order valence-corrected chi connectivity index (χ4v) is 2.04. The molecule has 1 saturated heterocycles. The van der Waals surface area contributed by atoms with E-state index < -0.39 is 0 Å². The monoisotopic (exact) mass is 234 g/mol. The van der Waals surface area contributed by atoms with Crippen molar-refractivity contribution >= 4 is 5.91 Å². The maximum atomic E-state index is 12.4. The summed E-state index contributed by atoms with van der Waals surface area (Å²) < 4.78 is 5.23. The van der Waals surface area contributed by atoms with Crippen molar-refractivity contribution in [3.63, 3.8) is 0 Å². The molecule has 0 unspecified atom stereocenters. The highest BCUT2D eigenvalue weighted by atomic mass is 16.5. The second kappa shape index (κ2) is 5.68. The number of nitrogens with one attached hydrogen (secondary N) is 1. The van der Waals surface area contributed by atoms with Crippen LogP contribution in [0, 0.1) is 0 Å². The summed E-state index contributed by atoms with van der Waals surface area (Å²) in [6.07, 6.45) is 1.00. The zero-order valence-corrected chi connectivity index (χ0v) is 10.1. The van der Waals surface area contributed by atoms with Gasteiger partial charge in [-0.05, 0) is 25.1 Å². The Morgan fingerprint density at radius 1 is 1.29 bits per heavy atom. The maximum Gasteiger partial charge on any atom is 0.257 e. The zero-order valence-electron chi connectivity index (χ0n) is 10.1. The average Bonchev–Trinajstić information content (AvgIpc) is 2.66. The van der Waals surface area contributed by atoms with Gasteiger partial charge in [0, 0.05) is 19.6 Å². The molecule has 1 heterocycles. The number of benzene rings is 1. The molecule has 0 atom stereocenters. The number of hydrogen-bond acceptors (Lipinski definition) is 3. The smallest absolute Gasteiger partial charge is 0.257 e. The normalized spacial score (nSPS) is 16.4. The number of ether oxygens (including phenoxy) is 1. The summed E-state index contributed by atoms with van der Waals surface area (Å²) in [6.45, 7) is 3.41. The molecule has 17 heavy (non-hydrogen) atoms. The molecule has 1 aromatic carbocycles. The van der Waals surface area contributed by atoms with Crippen LogP contribution in [0.25, 0.3) is 0 Å². The molecule has 1 aliphatic rings. The van der Waals surface area contributed by atoms with Gasteiger partial charge in [0.1, 0.15) is 5.75 Å². The Morgan fingerprint density at radius 3 is 2.94 bits per heavy atom. The van der Waals surface area contributed by atoms with Crippen molar-refractivity contribution in [2.75, 3.05) is 33.3 Å². The summed E-state index contributed by atoms with van der Waals surface area (Å²) in [6, 6.07) is 7.38. The first-order chi connectivity index (χ1) is 8.33. The Morgan fingerprint density at radius 2 is 2.12 bits per heavy atom. The highest BCUT2D eigenvalue weighted by Gasteiger charge is 2.19. The predicted molar refractivity (Wildman–Crippen MR) is 66.4 cm³/mol. The first-order valence-corrected chi connectivity index (χ1v) is 5.96. The Hall–Kier alpha value is -1.55. The summed E-state index contributed by atoms with van der Waals surface area (Å²) in [4.78, 5) is 14.2. The van der Waals surface area contributed by atoms with Gasteiger partial charge in [-0.1, -0.05) is 12.1 Å². The Balaban J connectivity index is 2.17. The molecule has 4 heteroatoms. The average molecular weight is 234 g/mol. The van der Waals surface area contributed by atoms with Crippen molar-refractivity contribution < 1.29 is 9.53 Å². The Bertz CT molecular complexity index is 385. The number of methoxy groups -OCH3 is 1. The number of amides is 1. The van der Waals surface area contributed by atoms with Crippen LogP contribution in [0.4, 0.5) is 0 Å². The molecule has 1 aliphatic heterocycles. The van der Waals surface area contributed by atoms with Crippen LogP contribution in [-0.4, -0.2) is 44.1 Å². The van der Waals surface area contributed by atoms with Gasteiger partial charge < -0.3 is 15.0 Å². The minimum absolute atomic E-state index is 0.0613. The van der Waals surface area contributed by atoms with Crippen LogP contribution < -0.4 is 10.1 Å².